The monoisotopic (exact) mass is 322 g/mol. The van der Waals surface area contributed by atoms with Crippen LogP contribution in [0.3, 0.4) is 0 Å². The summed E-state index contributed by atoms with van der Waals surface area (Å²) in [5.41, 5.74) is 1.23. The number of ether oxygens (including phenoxy) is 2. The third kappa shape index (κ3) is 4.15. The van der Waals surface area contributed by atoms with Crippen LogP contribution < -0.4 is 0 Å². The molecule has 4 heteroatoms. The summed E-state index contributed by atoms with van der Waals surface area (Å²) in [6.45, 7) is 6.35. The maximum Gasteiger partial charge on any atom is 0.335 e. The van der Waals surface area contributed by atoms with Crippen molar-refractivity contribution in [2.24, 2.45) is 11.8 Å². The molecule has 1 fully saturated rings. The lowest BCUT2D eigenvalue weighted by atomic mass is 9.91. The van der Waals surface area contributed by atoms with E-state index >= 15 is 0 Å². The van der Waals surface area contributed by atoms with Crippen LogP contribution in [-0.4, -0.2) is 24.6 Å². The Kier molecular flexibility index (Phi) is 6.67. The van der Waals surface area contributed by atoms with Gasteiger partial charge in [-0.15, -0.1) is 0 Å². The average Bonchev–Trinajstić information content (AvgIpc) is 3.15. The van der Waals surface area contributed by atoms with Gasteiger partial charge in [-0.2, -0.15) is 0 Å². The van der Waals surface area contributed by atoms with Crippen molar-refractivity contribution in [1.29, 1.82) is 0 Å². The van der Waals surface area contributed by atoms with Gasteiger partial charge in [0.15, 0.2) is 0 Å². The minimum Gasteiger partial charge on any atom is -0.463 e. The van der Waals surface area contributed by atoms with Gasteiger partial charge in [0.2, 0.25) is 0 Å². The van der Waals surface area contributed by atoms with E-state index in [-0.39, 0.29) is 29.9 Å². The van der Waals surface area contributed by atoms with E-state index in [2.05, 4.69) is 6.92 Å². The minimum absolute atomic E-state index is 0.0378. The van der Waals surface area contributed by atoms with Gasteiger partial charge < -0.3 is 9.47 Å². The third-order valence-electron chi connectivity index (χ3n) is 5.11. The van der Waals surface area contributed by atoms with Crippen molar-refractivity contribution in [2.75, 3.05) is 6.61 Å². The second-order valence-electron chi connectivity index (χ2n) is 6.69. The van der Waals surface area contributed by atoms with Crippen molar-refractivity contribution < 1.29 is 19.1 Å². The lowest BCUT2D eigenvalue weighted by Gasteiger charge is -2.21. The predicted octanol–water partition coefficient (Wildman–Crippen LogP) is 4.18. The second-order valence-corrected chi connectivity index (χ2v) is 6.69. The topological polar surface area (TPSA) is 52.6 Å². The molecule has 130 valence electrons. The van der Waals surface area contributed by atoms with E-state index in [9.17, 15) is 9.59 Å². The fraction of sp³-hybridized carbons (Fsp3) is 0.789. The maximum atomic E-state index is 12.7. The average molecular weight is 322 g/mol. The fourth-order valence-electron chi connectivity index (χ4n) is 3.89. The first-order valence-electron chi connectivity index (χ1n) is 9.24. The van der Waals surface area contributed by atoms with Crippen molar-refractivity contribution >= 4 is 11.9 Å². The lowest BCUT2D eigenvalue weighted by molar-refractivity contribution is -0.147. The molecule has 0 aromatic carbocycles. The van der Waals surface area contributed by atoms with Gasteiger partial charge in [-0.05, 0) is 57.3 Å². The van der Waals surface area contributed by atoms with E-state index in [1.807, 2.05) is 6.92 Å². The van der Waals surface area contributed by atoms with Gasteiger partial charge in [0.25, 0.3) is 0 Å². The smallest absolute Gasteiger partial charge is 0.335 e. The molecule has 0 aromatic heterocycles. The summed E-state index contributed by atoms with van der Waals surface area (Å²) in [7, 11) is 0. The molecular weight excluding hydrogens is 292 g/mol. The first kappa shape index (κ1) is 18.0. The molecule has 0 aromatic rings. The van der Waals surface area contributed by atoms with Gasteiger partial charge in [0.1, 0.15) is 6.10 Å². The van der Waals surface area contributed by atoms with Gasteiger partial charge in [-0.25, -0.2) is 9.59 Å². The van der Waals surface area contributed by atoms with E-state index in [1.54, 1.807) is 6.92 Å². The number of carbonyl (C=O) groups is 2. The van der Waals surface area contributed by atoms with Gasteiger partial charge >= 0.3 is 11.9 Å². The molecule has 2 rings (SSSR count). The second kappa shape index (κ2) is 8.51. The summed E-state index contributed by atoms with van der Waals surface area (Å²) in [6, 6.07) is 0. The van der Waals surface area contributed by atoms with Crippen molar-refractivity contribution in [1.82, 2.24) is 0 Å². The highest BCUT2D eigenvalue weighted by Gasteiger charge is 2.46. The highest BCUT2D eigenvalue weighted by molar-refractivity contribution is 6.02. The lowest BCUT2D eigenvalue weighted by Crippen LogP contribution is -2.25. The molecule has 2 aliphatic carbocycles. The van der Waals surface area contributed by atoms with Crippen LogP contribution in [0.1, 0.15) is 72.1 Å². The molecule has 0 radical (unpaired) electrons. The summed E-state index contributed by atoms with van der Waals surface area (Å²) < 4.78 is 10.9. The van der Waals surface area contributed by atoms with Crippen LogP contribution in [0.5, 0.6) is 0 Å². The summed E-state index contributed by atoms with van der Waals surface area (Å²) in [6.07, 6.45) is 7.99. The Balaban J connectivity index is 2.07. The summed E-state index contributed by atoms with van der Waals surface area (Å²) in [4.78, 5) is 24.9. The Morgan fingerprint density at radius 2 is 1.70 bits per heavy atom. The van der Waals surface area contributed by atoms with Gasteiger partial charge in [0.05, 0.1) is 17.8 Å². The first-order chi connectivity index (χ1) is 11.1. The van der Waals surface area contributed by atoms with Crippen LogP contribution in [0.2, 0.25) is 0 Å². The maximum absolute atomic E-state index is 12.7. The van der Waals surface area contributed by atoms with Gasteiger partial charge in [0, 0.05) is 0 Å². The van der Waals surface area contributed by atoms with Crippen LogP contribution in [-0.2, 0) is 19.1 Å². The predicted molar refractivity (Wildman–Crippen MR) is 88.8 cm³/mol. The Bertz CT molecular complexity index is 466. The zero-order valence-corrected chi connectivity index (χ0v) is 14.7. The number of esters is 2. The van der Waals surface area contributed by atoms with Crippen molar-refractivity contribution in [3.8, 4) is 0 Å². The van der Waals surface area contributed by atoms with Gasteiger partial charge in [-0.1, -0.05) is 26.7 Å². The number of carbonyl (C=O) groups excluding carboxylic acids is 2. The van der Waals surface area contributed by atoms with E-state index in [4.69, 9.17) is 9.47 Å². The Morgan fingerprint density at radius 3 is 2.26 bits per heavy atom. The standard InChI is InChI=1S/C19H30O4/c1-4-7-8-9-15(5-2)23-19(21)17-14-11-10-13(12-14)16(17)18(20)22-6-3/h13-15H,4-12H2,1-3H3. The number of unbranched alkanes of at least 4 members (excludes halogenated alkanes) is 2. The SMILES string of the molecule is CCCCCC(CC)OC(=O)C1=C(C(=O)OCC)C2CCC1C2. The van der Waals surface area contributed by atoms with E-state index in [0.717, 1.165) is 51.4 Å². The molecule has 0 saturated heterocycles. The molecular formula is C19H30O4. The zero-order valence-electron chi connectivity index (χ0n) is 14.7. The van der Waals surface area contributed by atoms with E-state index in [1.165, 1.54) is 0 Å². The first-order valence-corrected chi connectivity index (χ1v) is 9.24. The molecule has 0 heterocycles. The summed E-state index contributed by atoms with van der Waals surface area (Å²) >= 11 is 0. The molecule has 0 amide bonds. The summed E-state index contributed by atoms with van der Waals surface area (Å²) in [5, 5.41) is 0. The largest absolute Gasteiger partial charge is 0.463 e. The van der Waals surface area contributed by atoms with Crippen LogP contribution in [0.25, 0.3) is 0 Å². The van der Waals surface area contributed by atoms with Crippen LogP contribution in [0.15, 0.2) is 11.1 Å². The molecule has 4 nitrogen and oxygen atoms in total. The van der Waals surface area contributed by atoms with Crippen LogP contribution in [0, 0.1) is 11.8 Å². The summed E-state index contributed by atoms with van der Waals surface area (Å²) in [5.74, 6) is -0.198. The number of rotatable bonds is 9. The Hall–Kier alpha value is -1.32. The molecule has 0 N–H and O–H groups in total. The molecule has 0 spiro atoms. The molecule has 1 saturated carbocycles. The van der Waals surface area contributed by atoms with Crippen molar-refractivity contribution in [3.63, 3.8) is 0 Å². The fourth-order valence-corrected chi connectivity index (χ4v) is 3.89. The molecule has 2 bridgehead atoms. The zero-order chi connectivity index (χ0) is 16.8. The molecule has 23 heavy (non-hydrogen) atoms. The third-order valence-corrected chi connectivity index (χ3v) is 5.11. The number of hydrogen-bond donors (Lipinski definition) is 0. The number of hydrogen-bond acceptors (Lipinski definition) is 4. The Morgan fingerprint density at radius 1 is 1.04 bits per heavy atom. The van der Waals surface area contributed by atoms with Gasteiger partial charge in [-0.3, -0.25) is 0 Å². The molecule has 0 aliphatic heterocycles. The number of fused-ring (bicyclic) bond motifs is 2. The highest BCUT2D eigenvalue weighted by Crippen LogP contribution is 2.49. The highest BCUT2D eigenvalue weighted by atomic mass is 16.5. The van der Waals surface area contributed by atoms with E-state index < -0.39 is 0 Å². The quantitative estimate of drug-likeness (QED) is 0.472. The van der Waals surface area contributed by atoms with Crippen LogP contribution in [0.4, 0.5) is 0 Å². The normalized spacial score (nSPS) is 24.0. The Labute approximate surface area is 139 Å². The van der Waals surface area contributed by atoms with Crippen molar-refractivity contribution in [2.45, 2.75) is 78.2 Å². The minimum atomic E-state index is -0.314. The van der Waals surface area contributed by atoms with E-state index in [0.29, 0.717) is 17.8 Å². The molecule has 2 aliphatic rings. The molecule has 3 unspecified atom stereocenters. The van der Waals surface area contributed by atoms with Crippen molar-refractivity contribution in [3.05, 3.63) is 11.1 Å². The van der Waals surface area contributed by atoms with Crippen LogP contribution >= 0.6 is 0 Å². The molecule has 3 atom stereocenters.